The Hall–Kier alpha value is -2.12. The second-order valence-corrected chi connectivity index (χ2v) is 8.64. The van der Waals surface area contributed by atoms with E-state index < -0.39 is 5.60 Å². The molecule has 2 heterocycles. The number of carbonyl (C=O) groups excluding carboxylic acids is 2. The van der Waals surface area contributed by atoms with Gasteiger partial charge >= 0.3 is 6.09 Å². The summed E-state index contributed by atoms with van der Waals surface area (Å²) in [5.41, 5.74) is 7.58. The van der Waals surface area contributed by atoms with E-state index in [1.807, 2.05) is 45.0 Å². The van der Waals surface area contributed by atoms with Crippen molar-refractivity contribution < 1.29 is 14.3 Å². The lowest BCUT2D eigenvalue weighted by atomic mass is 9.86. The molecule has 2 fully saturated rings. The van der Waals surface area contributed by atoms with E-state index in [1.165, 1.54) is 5.56 Å². The molecular weight excluding hydrogens is 356 g/mol. The maximum absolute atomic E-state index is 12.8. The molecular formula is C21H32N4O3. The number of amides is 2. The van der Waals surface area contributed by atoms with E-state index in [2.05, 4.69) is 5.32 Å². The fourth-order valence-corrected chi connectivity index (χ4v) is 3.77. The molecule has 0 aromatic heterocycles. The fraction of sp³-hybridized carbons (Fsp3) is 0.619. The predicted molar refractivity (Wildman–Crippen MR) is 108 cm³/mol. The highest BCUT2D eigenvalue weighted by Crippen LogP contribution is 2.25. The first-order valence-corrected chi connectivity index (χ1v) is 10.1. The highest BCUT2D eigenvalue weighted by Gasteiger charge is 2.28. The molecule has 0 aliphatic carbocycles. The van der Waals surface area contributed by atoms with E-state index in [4.69, 9.17) is 10.5 Å². The van der Waals surface area contributed by atoms with Gasteiger partial charge in [0.1, 0.15) is 5.60 Å². The predicted octanol–water partition coefficient (Wildman–Crippen LogP) is 1.78. The van der Waals surface area contributed by atoms with E-state index in [0.717, 1.165) is 19.5 Å². The minimum atomic E-state index is -0.511. The molecule has 2 aliphatic heterocycles. The van der Waals surface area contributed by atoms with Gasteiger partial charge in [-0.25, -0.2) is 4.79 Å². The molecule has 1 aromatic carbocycles. The van der Waals surface area contributed by atoms with Crippen LogP contribution in [0.3, 0.4) is 0 Å². The third-order valence-corrected chi connectivity index (χ3v) is 5.33. The molecule has 2 unspecified atom stereocenters. The largest absolute Gasteiger partial charge is 0.444 e. The van der Waals surface area contributed by atoms with Gasteiger partial charge in [-0.15, -0.1) is 0 Å². The number of rotatable bonds is 2. The van der Waals surface area contributed by atoms with Crippen LogP contribution in [0.2, 0.25) is 0 Å². The van der Waals surface area contributed by atoms with Crippen molar-refractivity contribution >= 4 is 12.0 Å². The summed E-state index contributed by atoms with van der Waals surface area (Å²) < 4.78 is 5.41. The van der Waals surface area contributed by atoms with Crippen LogP contribution >= 0.6 is 0 Å². The Morgan fingerprint density at radius 3 is 2.25 bits per heavy atom. The number of ether oxygens (including phenoxy) is 1. The molecule has 2 saturated heterocycles. The van der Waals surface area contributed by atoms with Gasteiger partial charge in [0.05, 0.1) is 0 Å². The van der Waals surface area contributed by atoms with Crippen LogP contribution in [0.1, 0.15) is 49.0 Å². The Kier molecular flexibility index (Phi) is 6.25. The average molecular weight is 389 g/mol. The van der Waals surface area contributed by atoms with Crippen LogP contribution in [-0.4, -0.2) is 72.7 Å². The van der Waals surface area contributed by atoms with Crippen molar-refractivity contribution in [3.63, 3.8) is 0 Å². The second-order valence-electron chi connectivity index (χ2n) is 8.64. The maximum Gasteiger partial charge on any atom is 0.410 e. The van der Waals surface area contributed by atoms with Crippen LogP contribution in [0.25, 0.3) is 0 Å². The third-order valence-electron chi connectivity index (χ3n) is 5.33. The Morgan fingerprint density at radius 2 is 1.68 bits per heavy atom. The zero-order valence-electron chi connectivity index (χ0n) is 17.1. The van der Waals surface area contributed by atoms with E-state index in [0.29, 0.717) is 37.7 Å². The maximum atomic E-state index is 12.8. The van der Waals surface area contributed by atoms with E-state index in [9.17, 15) is 9.59 Å². The molecule has 7 heteroatoms. The van der Waals surface area contributed by atoms with Gasteiger partial charge in [-0.3, -0.25) is 4.79 Å². The quantitative estimate of drug-likeness (QED) is 0.806. The lowest BCUT2D eigenvalue weighted by molar-refractivity contribution is 0.0141. The van der Waals surface area contributed by atoms with E-state index in [1.54, 1.807) is 9.80 Å². The summed E-state index contributed by atoms with van der Waals surface area (Å²) >= 11 is 0. The highest BCUT2D eigenvalue weighted by atomic mass is 16.6. The number of nitrogens with one attached hydrogen (secondary N) is 1. The molecule has 0 radical (unpaired) electrons. The molecule has 7 nitrogen and oxygen atoms in total. The summed E-state index contributed by atoms with van der Waals surface area (Å²) in [6, 6.07) is 7.95. The zero-order chi connectivity index (χ0) is 20.3. The number of hydrogen-bond acceptors (Lipinski definition) is 5. The molecule has 0 spiro atoms. The smallest absolute Gasteiger partial charge is 0.410 e. The van der Waals surface area contributed by atoms with Gasteiger partial charge in [0.2, 0.25) is 0 Å². The van der Waals surface area contributed by atoms with E-state index in [-0.39, 0.29) is 18.0 Å². The number of nitrogens with zero attached hydrogens (tertiary/aromatic N) is 2. The lowest BCUT2D eigenvalue weighted by Crippen LogP contribution is -2.51. The monoisotopic (exact) mass is 388 g/mol. The SMILES string of the molecule is CC(C)(C)OC(=O)N1CCN(C(=O)c2ccc(C3CCNCC3N)cc2)CC1. The number of piperazine rings is 1. The Labute approximate surface area is 167 Å². The van der Waals surface area contributed by atoms with Crippen molar-refractivity contribution in [1.82, 2.24) is 15.1 Å². The number of piperidine rings is 1. The van der Waals surface area contributed by atoms with Crippen molar-refractivity contribution in [3.8, 4) is 0 Å². The molecule has 2 amide bonds. The molecule has 0 saturated carbocycles. The first kappa shape index (κ1) is 20.6. The van der Waals surface area contributed by atoms with Crippen molar-refractivity contribution in [1.29, 1.82) is 0 Å². The van der Waals surface area contributed by atoms with E-state index >= 15 is 0 Å². The van der Waals surface area contributed by atoms with Crippen LogP contribution in [0.15, 0.2) is 24.3 Å². The Morgan fingerprint density at radius 1 is 1.07 bits per heavy atom. The number of carbonyl (C=O) groups is 2. The van der Waals surface area contributed by atoms with Gasteiger partial charge in [0.15, 0.2) is 0 Å². The number of hydrogen-bond donors (Lipinski definition) is 2. The minimum absolute atomic E-state index is 0.00463. The van der Waals surface area contributed by atoms with Gasteiger partial charge in [-0.2, -0.15) is 0 Å². The van der Waals surface area contributed by atoms with Gasteiger partial charge in [-0.05, 0) is 51.4 Å². The Bertz CT molecular complexity index is 691. The van der Waals surface area contributed by atoms with Crippen LogP contribution in [0, 0.1) is 0 Å². The molecule has 154 valence electrons. The highest BCUT2D eigenvalue weighted by molar-refractivity contribution is 5.94. The average Bonchev–Trinajstić information content (AvgIpc) is 2.67. The second kappa shape index (κ2) is 8.49. The molecule has 2 aliphatic rings. The molecule has 1 aromatic rings. The lowest BCUT2D eigenvalue weighted by Gasteiger charge is -2.35. The summed E-state index contributed by atoms with van der Waals surface area (Å²) in [5, 5.41) is 3.31. The van der Waals surface area contributed by atoms with Gasteiger partial charge < -0.3 is 25.6 Å². The molecule has 3 N–H and O–H groups in total. The van der Waals surface area contributed by atoms with Gasteiger partial charge in [0, 0.05) is 50.2 Å². The summed E-state index contributed by atoms with van der Waals surface area (Å²) in [4.78, 5) is 28.4. The number of benzene rings is 1. The summed E-state index contributed by atoms with van der Waals surface area (Å²) in [5.74, 6) is 0.341. The third kappa shape index (κ3) is 5.02. The van der Waals surface area contributed by atoms with Crippen LogP contribution in [0.5, 0.6) is 0 Å². The molecule has 0 bridgehead atoms. The molecule has 3 rings (SSSR count). The molecule has 2 atom stereocenters. The van der Waals surface area contributed by atoms with Crippen molar-refractivity contribution in [2.24, 2.45) is 5.73 Å². The van der Waals surface area contributed by atoms with Crippen LogP contribution in [0.4, 0.5) is 4.79 Å². The summed E-state index contributed by atoms with van der Waals surface area (Å²) in [6.07, 6.45) is 0.698. The first-order chi connectivity index (χ1) is 13.2. The topological polar surface area (TPSA) is 87.9 Å². The first-order valence-electron chi connectivity index (χ1n) is 10.1. The van der Waals surface area contributed by atoms with Gasteiger partial charge in [0.25, 0.3) is 5.91 Å². The fourth-order valence-electron chi connectivity index (χ4n) is 3.77. The Balaban J connectivity index is 1.56. The molecule has 28 heavy (non-hydrogen) atoms. The van der Waals surface area contributed by atoms with Crippen molar-refractivity contribution in [2.45, 2.75) is 44.8 Å². The normalized spacial score (nSPS) is 23.4. The number of nitrogens with two attached hydrogens (primary N) is 1. The standard InChI is InChI=1S/C21H32N4O3/c1-21(2,3)28-20(27)25-12-10-24(11-13-25)19(26)16-6-4-15(5-7-16)17-8-9-23-14-18(17)22/h4-7,17-18,23H,8-14,22H2,1-3H3. The minimum Gasteiger partial charge on any atom is -0.444 e. The van der Waals surface area contributed by atoms with Crippen molar-refractivity contribution in [2.75, 3.05) is 39.3 Å². The van der Waals surface area contributed by atoms with Crippen LogP contribution < -0.4 is 11.1 Å². The summed E-state index contributed by atoms with van der Waals surface area (Å²) in [6.45, 7) is 9.36. The summed E-state index contributed by atoms with van der Waals surface area (Å²) in [7, 11) is 0. The zero-order valence-corrected chi connectivity index (χ0v) is 17.1. The van der Waals surface area contributed by atoms with Crippen molar-refractivity contribution in [3.05, 3.63) is 35.4 Å². The van der Waals surface area contributed by atoms with Crippen LogP contribution in [-0.2, 0) is 4.74 Å². The van der Waals surface area contributed by atoms with Gasteiger partial charge in [-0.1, -0.05) is 12.1 Å².